The molecule has 0 aliphatic carbocycles. The molecule has 1 aliphatic heterocycles. The van der Waals surface area contributed by atoms with Crippen molar-refractivity contribution in [2.24, 2.45) is 11.7 Å². The van der Waals surface area contributed by atoms with Crippen LogP contribution in [-0.2, 0) is 4.79 Å². The highest BCUT2D eigenvalue weighted by molar-refractivity contribution is 5.79. The molecule has 1 unspecified atom stereocenters. The Labute approximate surface area is 97.2 Å². The van der Waals surface area contributed by atoms with Gasteiger partial charge >= 0.3 is 0 Å². The summed E-state index contributed by atoms with van der Waals surface area (Å²) in [5, 5.41) is 0. The largest absolute Gasteiger partial charge is 0.395 e. The van der Waals surface area contributed by atoms with Gasteiger partial charge in [-0.2, -0.15) is 0 Å². The first kappa shape index (κ1) is 11.6. The highest BCUT2D eigenvalue weighted by Gasteiger charge is 2.28. The number of hydrogen-bond donors (Lipinski definition) is 2. The third-order valence-electron chi connectivity index (χ3n) is 3.00. The van der Waals surface area contributed by atoms with Crippen molar-refractivity contribution in [3.63, 3.8) is 0 Å². The summed E-state index contributed by atoms with van der Waals surface area (Å²) >= 11 is 0. The number of carbonyl (C=O) groups is 1. The molecule has 1 aliphatic rings. The Balaban J connectivity index is 2.27. The van der Waals surface area contributed by atoms with E-state index < -0.39 is 17.5 Å². The second-order valence-electron chi connectivity index (χ2n) is 4.15. The molecule has 1 atom stereocenters. The minimum atomic E-state index is -0.789. The highest BCUT2D eigenvalue weighted by Crippen LogP contribution is 2.31. The lowest BCUT2D eigenvalue weighted by Crippen LogP contribution is -2.27. The number of nitrogens with zero attached hydrogens (tertiary/aromatic N) is 1. The van der Waals surface area contributed by atoms with E-state index in [1.807, 2.05) is 0 Å². The van der Waals surface area contributed by atoms with E-state index in [1.165, 1.54) is 6.07 Å². The molecule has 4 N–H and O–H groups in total. The van der Waals surface area contributed by atoms with Gasteiger partial charge in [0.1, 0.15) is 5.82 Å². The van der Waals surface area contributed by atoms with Gasteiger partial charge in [-0.15, -0.1) is 0 Å². The van der Waals surface area contributed by atoms with Crippen molar-refractivity contribution in [1.82, 2.24) is 0 Å². The van der Waals surface area contributed by atoms with Crippen molar-refractivity contribution in [3.8, 4) is 0 Å². The van der Waals surface area contributed by atoms with Crippen LogP contribution in [0.3, 0.4) is 0 Å². The van der Waals surface area contributed by atoms with Gasteiger partial charge in [0.2, 0.25) is 5.91 Å². The zero-order valence-corrected chi connectivity index (χ0v) is 9.12. The van der Waals surface area contributed by atoms with E-state index in [9.17, 15) is 13.6 Å². The Morgan fingerprint density at radius 2 is 2.12 bits per heavy atom. The van der Waals surface area contributed by atoms with Crippen LogP contribution in [-0.4, -0.2) is 19.0 Å². The molecule has 1 saturated heterocycles. The summed E-state index contributed by atoms with van der Waals surface area (Å²) in [6, 6.07) is 1.91. The van der Waals surface area contributed by atoms with Crippen molar-refractivity contribution in [1.29, 1.82) is 0 Å². The number of hydrogen-bond acceptors (Lipinski definition) is 3. The predicted molar refractivity (Wildman–Crippen MR) is 60.3 cm³/mol. The zero-order chi connectivity index (χ0) is 12.6. The summed E-state index contributed by atoms with van der Waals surface area (Å²) in [6.45, 7) is 0.864. The van der Waals surface area contributed by atoms with Crippen molar-refractivity contribution in [2.45, 2.75) is 6.42 Å². The number of nitrogen functional groups attached to an aromatic ring is 1. The van der Waals surface area contributed by atoms with Crippen molar-refractivity contribution < 1.29 is 13.6 Å². The number of carbonyl (C=O) groups excluding carboxylic acids is 1. The topological polar surface area (TPSA) is 72.4 Å². The Morgan fingerprint density at radius 1 is 1.41 bits per heavy atom. The van der Waals surface area contributed by atoms with Crippen molar-refractivity contribution in [3.05, 3.63) is 23.8 Å². The number of nitrogens with two attached hydrogens (primary N) is 2. The molecular weight excluding hydrogens is 228 g/mol. The van der Waals surface area contributed by atoms with Crippen LogP contribution in [0.15, 0.2) is 12.1 Å². The zero-order valence-electron chi connectivity index (χ0n) is 9.12. The molecule has 1 amide bonds. The Morgan fingerprint density at radius 3 is 2.71 bits per heavy atom. The minimum Gasteiger partial charge on any atom is -0.395 e. The lowest BCUT2D eigenvalue weighted by molar-refractivity contribution is -0.121. The molecule has 17 heavy (non-hydrogen) atoms. The summed E-state index contributed by atoms with van der Waals surface area (Å²) in [6.07, 6.45) is 0.576. The van der Waals surface area contributed by atoms with Gasteiger partial charge in [-0.1, -0.05) is 0 Å². The van der Waals surface area contributed by atoms with Crippen LogP contribution in [0.1, 0.15) is 6.42 Å². The molecule has 1 heterocycles. The quantitative estimate of drug-likeness (QED) is 0.754. The van der Waals surface area contributed by atoms with Crippen molar-refractivity contribution >= 4 is 17.3 Å². The summed E-state index contributed by atoms with van der Waals surface area (Å²) < 4.78 is 26.4. The lowest BCUT2D eigenvalue weighted by Gasteiger charge is -2.20. The average Bonchev–Trinajstić information content (AvgIpc) is 2.72. The van der Waals surface area contributed by atoms with Gasteiger partial charge in [0, 0.05) is 19.2 Å². The fraction of sp³-hybridized carbons (Fsp3) is 0.364. The van der Waals surface area contributed by atoms with Crippen LogP contribution < -0.4 is 16.4 Å². The smallest absolute Gasteiger partial charge is 0.222 e. The van der Waals surface area contributed by atoms with E-state index in [2.05, 4.69) is 0 Å². The van der Waals surface area contributed by atoms with Crippen LogP contribution >= 0.6 is 0 Å². The van der Waals surface area contributed by atoms with E-state index in [4.69, 9.17) is 11.5 Å². The second-order valence-corrected chi connectivity index (χ2v) is 4.15. The first-order chi connectivity index (χ1) is 7.99. The molecule has 0 radical (unpaired) electrons. The molecule has 92 valence electrons. The van der Waals surface area contributed by atoms with E-state index in [0.29, 0.717) is 19.5 Å². The maximum Gasteiger partial charge on any atom is 0.222 e. The predicted octanol–water partition coefficient (Wildman–Crippen LogP) is 0.859. The number of primary amides is 1. The fourth-order valence-corrected chi connectivity index (χ4v) is 2.04. The first-order valence-electron chi connectivity index (χ1n) is 5.28. The molecule has 1 aromatic carbocycles. The van der Waals surface area contributed by atoms with Crippen LogP contribution in [0, 0.1) is 17.6 Å². The summed E-state index contributed by atoms with van der Waals surface area (Å²) in [7, 11) is 0. The van der Waals surface area contributed by atoms with E-state index in [-0.39, 0.29) is 17.3 Å². The number of benzene rings is 1. The molecule has 0 aromatic heterocycles. The van der Waals surface area contributed by atoms with E-state index in [0.717, 1.165) is 6.07 Å². The van der Waals surface area contributed by atoms with Crippen LogP contribution in [0.5, 0.6) is 0 Å². The highest BCUT2D eigenvalue weighted by atomic mass is 19.1. The first-order valence-corrected chi connectivity index (χ1v) is 5.28. The number of rotatable bonds is 2. The van der Waals surface area contributed by atoms with E-state index in [1.54, 1.807) is 4.90 Å². The summed E-state index contributed by atoms with van der Waals surface area (Å²) in [5.41, 5.74) is 10.9. The molecule has 2 rings (SSSR count). The van der Waals surface area contributed by atoms with Gasteiger partial charge in [0.15, 0.2) is 5.82 Å². The van der Waals surface area contributed by atoms with Gasteiger partial charge in [0.25, 0.3) is 0 Å². The lowest BCUT2D eigenvalue weighted by atomic mass is 10.1. The molecule has 6 heteroatoms. The van der Waals surface area contributed by atoms with Crippen LogP contribution in [0.25, 0.3) is 0 Å². The fourth-order valence-electron chi connectivity index (χ4n) is 2.04. The monoisotopic (exact) mass is 241 g/mol. The molecule has 4 nitrogen and oxygen atoms in total. The van der Waals surface area contributed by atoms with Gasteiger partial charge in [-0.25, -0.2) is 8.78 Å². The summed E-state index contributed by atoms with van der Waals surface area (Å²) in [4.78, 5) is 12.7. The van der Waals surface area contributed by atoms with Gasteiger partial charge < -0.3 is 16.4 Å². The second kappa shape index (κ2) is 4.20. The molecule has 0 spiro atoms. The maximum absolute atomic E-state index is 13.3. The molecular formula is C11H13F2N3O. The number of anilines is 2. The van der Waals surface area contributed by atoms with Gasteiger partial charge in [0.05, 0.1) is 17.3 Å². The Bertz CT molecular complexity index is 464. The molecule has 0 saturated carbocycles. The molecule has 1 fully saturated rings. The standard InChI is InChI=1S/C11H13F2N3O/c12-7-3-8(13)10(14)9(4-7)16-2-1-6(5-16)11(15)17/h3-4,6H,1-2,5,14H2,(H2,15,17). The maximum atomic E-state index is 13.3. The van der Waals surface area contributed by atoms with Crippen LogP contribution in [0.4, 0.5) is 20.2 Å². The van der Waals surface area contributed by atoms with Gasteiger partial charge in [-0.05, 0) is 12.5 Å². The van der Waals surface area contributed by atoms with Crippen LogP contribution in [0.2, 0.25) is 0 Å². The third-order valence-corrected chi connectivity index (χ3v) is 3.00. The molecule has 0 bridgehead atoms. The minimum absolute atomic E-state index is 0.100. The summed E-state index contributed by atoms with van der Waals surface area (Å²) in [5.74, 6) is -2.17. The third kappa shape index (κ3) is 2.15. The van der Waals surface area contributed by atoms with Crippen molar-refractivity contribution in [2.75, 3.05) is 23.7 Å². The van der Waals surface area contributed by atoms with E-state index >= 15 is 0 Å². The average molecular weight is 241 g/mol. The Hall–Kier alpha value is -1.85. The number of amides is 1. The van der Waals surface area contributed by atoms with Gasteiger partial charge in [-0.3, -0.25) is 4.79 Å². The SMILES string of the molecule is NC(=O)C1CCN(c2cc(F)cc(F)c2N)C1. The number of halogens is 2. The Kier molecular flexibility index (Phi) is 2.87. The molecule has 1 aromatic rings. The normalized spacial score (nSPS) is 19.6.